The van der Waals surface area contributed by atoms with Crippen molar-refractivity contribution in [1.82, 2.24) is 15.5 Å². The molecule has 2 aliphatic rings. The second kappa shape index (κ2) is 4.90. The molecule has 0 radical (unpaired) electrons. The van der Waals surface area contributed by atoms with Gasteiger partial charge in [0.25, 0.3) is 0 Å². The van der Waals surface area contributed by atoms with Crippen LogP contribution in [0.2, 0.25) is 0 Å². The first-order chi connectivity index (χ1) is 8.33. The fourth-order valence-electron chi connectivity index (χ4n) is 2.51. The van der Waals surface area contributed by atoms with Crippen molar-refractivity contribution in [3.8, 4) is 0 Å². The lowest BCUT2D eigenvalue weighted by Gasteiger charge is -2.29. The summed E-state index contributed by atoms with van der Waals surface area (Å²) in [6.07, 6.45) is 5.29. The molecule has 5 heteroatoms. The molecule has 0 atom stereocenters. The maximum Gasteiger partial charge on any atom is 0.208 e. The molecule has 1 aliphatic carbocycles. The van der Waals surface area contributed by atoms with Gasteiger partial charge >= 0.3 is 0 Å². The number of anilines is 1. The molecule has 1 saturated heterocycles. The summed E-state index contributed by atoms with van der Waals surface area (Å²) < 4.78 is 0. The van der Waals surface area contributed by atoms with Crippen molar-refractivity contribution in [2.45, 2.75) is 38.6 Å². The first kappa shape index (κ1) is 11.4. The molecule has 0 spiro atoms. The summed E-state index contributed by atoms with van der Waals surface area (Å²) in [7, 11) is 0. The Balaban J connectivity index is 1.67. The number of hydrogen-bond acceptors (Lipinski definition) is 5. The second-order valence-corrected chi connectivity index (χ2v) is 6.34. The van der Waals surface area contributed by atoms with Gasteiger partial charge < -0.3 is 10.2 Å². The first-order valence-corrected chi connectivity index (χ1v) is 7.42. The van der Waals surface area contributed by atoms with Crippen LogP contribution >= 0.6 is 11.3 Å². The highest BCUT2D eigenvalue weighted by Gasteiger charge is 2.32. The van der Waals surface area contributed by atoms with Gasteiger partial charge in [-0.25, -0.2) is 0 Å². The van der Waals surface area contributed by atoms with Crippen molar-refractivity contribution >= 4 is 16.5 Å². The lowest BCUT2D eigenvalue weighted by Crippen LogP contribution is -2.37. The van der Waals surface area contributed by atoms with Crippen molar-refractivity contribution in [3.63, 3.8) is 0 Å². The summed E-state index contributed by atoms with van der Waals surface area (Å²) in [6.45, 7) is 5.58. The molecule has 4 nitrogen and oxygen atoms in total. The average molecular weight is 252 g/mol. The number of nitrogens with zero attached hydrogens (tertiary/aromatic N) is 3. The fraction of sp³-hybridized carbons (Fsp3) is 0.833. The molecule has 1 aromatic rings. The second-order valence-electron chi connectivity index (χ2n) is 5.18. The van der Waals surface area contributed by atoms with Crippen molar-refractivity contribution in [1.29, 1.82) is 0 Å². The third kappa shape index (κ3) is 2.77. The molecule has 0 amide bonds. The van der Waals surface area contributed by atoms with Crippen LogP contribution in [0.3, 0.4) is 0 Å². The Kier molecular flexibility index (Phi) is 3.29. The quantitative estimate of drug-likeness (QED) is 0.887. The van der Waals surface area contributed by atoms with E-state index in [1.54, 1.807) is 11.3 Å². The van der Waals surface area contributed by atoms with Crippen molar-refractivity contribution in [2.24, 2.45) is 5.92 Å². The Morgan fingerprint density at radius 2 is 2.00 bits per heavy atom. The molecule has 3 rings (SSSR count). The smallest absolute Gasteiger partial charge is 0.208 e. The minimum atomic E-state index is 0.747. The maximum atomic E-state index is 4.32. The molecule has 0 unspecified atom stereocenters. The van der Waals surface area contributed by atoms with Gasteiger partial charge in [0.2, 0.25) is 5.13 Å². The van der Waals surface area contributed by atoms with Gasteiger partial charge in [-0.2, -0.15) is 0 Å². The van der Waals surface area contributed by atoms with Gasteiger partial charge in [-0.1, -0.05) is 11.3 Å². The molecule has 1 N–H and O–H groups in total. The van der Waals surface area contributed by atoms with Gasteiger partial charge in [0.05, 0.1) is 0 Å². The summed E-state index contributed by atoms with van der Waals surface area (Å²) in [5.74, 6) is 0.834. The zero-order valence-corrected chi connectivity index (χ0v) is 11.2. The molecule has 0 aromatic carbocycles. The van der Waals surface area contributed by atoms with Crippen LogP contribution in [0.5, 0.6) is 0 Å². The Bertz CT molecular complexity index is 368. The third-order valence-electron chi connectivity index (χ3n) is 3.66. The molecular formula is C12H20N4S. The lowest BCUT2D eigenvalue weighted by atomic mass is 9.97. The highest BCUT2D eigenvalue weighted by atomic mass is 32.1. The van der Waals surface area contributed by atoms with Gasteiger partial charge in [0.15, 0.2) is 0 Å². The number of rotatable bonds is 4. The Labute approximate surface area is 106 Å². The van der Waals surface area contributed by atoms with Crippen molar-refractivity contribution in [2.75, 3.05) is 24.5 Å². The predicted molar refractivity (Wildman–Crippen MR) is 70.6 cm³/mol. The number of piperidine rings is 1. The van der Waals surface area contributed by atoms with E-state index in [4.69, 9.17) is 0 Å². The van der Waals surface area contributed by atoms with Crippen LogP contribution in [0.15, 0.2) is 0 Å². The number of aryl methyl sites for hydroxylation is 1. The van der Waals surface area contributed by atoms with Crippen LogP contribution in [0, 0.1) is 12.8 Å². The van der Waals surface area contributed by atoms with E-state index in [0.29, 0.717) is 0 Å². The summed E-state index contributed by atoms with van der Waals surface area (Å²) in [6, 6.07) is 0.747. The minimum Gasteiger partial charge on any atom is -0.343 e. The van der Waals surface area contributed by atoms with E-state index in [0.717, 1.165) is 22.1 Å². The molecule has 1 aromatic heterocycles. The SMILES string of the molecule is Cc1nnc(N(CC2CCNCC2)C2CC2)s1. The number of aromatic nitrogens is 2. The fourth-order valence-corrected chi connectivity index (χ4v) is 3.28. The predicted octanol–water partition coefficient (Wildman–Crippen LogP) is 1.81. The molecular weight excluding hydrogens is 232 g/mol. The van der Waals surface area contributed by atoms with Gasteiger partial charge in [-0.05, 0) is 51.6 Å². The van der Waals surface area contributed by atoms with E-state index in [-0.39, 0.29) is 0 Å². The average Bonchev–Trinajstić information content (AvgIpc) is 3.10. The zero-order valence-electron chi connectivity index (χ0n) is 10.4. The van der Waals surface area contributed by atoms with E-state index in [9.17, 15) is 0 Å². The zero-order chi connectivity index (χ0) is 11.7. The molecule has 0 bridgehead atoms. The summed E-state index contributed by atoms with van der Waals surface area (Å²) in [5.41, 5.74) is 0. The van der Waals surface area contributed by atoms with E-state index >= 15 is 0 Å². The first-order valence-electron chi connectivity index (χ1n) is 6.60. The van der Waals surface area contributed by atoms with Crippen LogP contribution in [0.1, 0.15) is 30.7 Å². The van der Waals surface area contributed by atoms with Crippen LogP contribution in [-0.4, -0.2) is 35.9 Å². The summed E-state index contributed by atoms with van der Waals surface area (Å²) in [4.78, 5) is 2.51. The van der Waals surface area contributed by atoms with Gasteiger partial charge in [0, 0.05) is 12.6 Å². The van der Waals surface area contributed by atoms with E-state index in [2.05, 4.69) is 20.4 Å². The number of nitrogens with one attached hydrogen (secondary N) is 1. The van der Waals surface area contributed by atoms with Crippen molar-refractivity contribution in [3.05, 3.63) is 5.01 Å². The van der Waals surface area contributed by atoms with Crippen LogP contribution < -0.4 is 10.2 Å². The summed E-state index contributed by atoms with van der Waals surface area (Å²) >= 11 is 1.74. The maximum absolute atomic E-state index is 4.32. The molecule has 17 heavy (non-hydrogen) atoms. The standard InChI is InChI=1S/C12H20N4S/c1-9-14-15-12(17-9)16(11-2-3-11)8-10-4-6-13-7-5-10/h10-11,13H,2-8H2,1H3. The van der Waals surface area contributed by atoms with Crippen molar-refractivity contribution < 1.29 is 0 Å². The number of hydrogen-bond donors (Lipinski definition) is 1. The molecule has 2 heterocycles. The highest BCUT2D eigenvalue weighted by Crippen LogP contribution is 2.34. The van der Waals surface area contributed by atoms with Crippen LogP contribution in [0.25, 0.3) is 0 Å². The highest BCUT2D eigenvalue weighted by molar-refractivity contribution is 7.15. The molecule has 1 saturated carbocycles. The Morgan fingerprint density at radius 3 is 2.59 bits per heavy atom. The monoisotopic (exact) mass is 252 g/mol. The summed E-state index contributed by atoms with van der Waals surface area (Å²) in [5, 5.41) is 14.1. The molecule has 1 aliphatic heterocycles. The Hall–Kier alpha value is -0.680. The Morgan fingerprint density at radius 1 is 1.24 bits per heavy atom. The molecule has 2 fully saturated rings. The minimum absolute atomic E-state index is 0.747. The van der Waals surface area contributed by atoms with Gasteiger partial charge in [0.1, 0.15) is 5.01 Å². The third-order valence-corrected chi connectivity index (χ3v) is 4.54. The van der Waals surface area contributed by atoms with Gasteiger partial charge in [-0.15, -0.1) is 10.2 Å². The largest absolute Gasteiger partial charge is 0.343 e. The van der Waals surface area contributed by atoms with E-state index in [1.165, 1.54) is 45.3 Å². The molecule has 94 valence electrons. The topological polar surface area (TPSA) is 41.1 Å². The van der Waals surface area contributed by atoms with E-state index in [1.807, 2.05) is 6.92 Å². The van der Waals surface area contributed by atoms with Gasteiger partial charge in [-0.3, -0.25) is 0 Å². The van der Waals surface area contributed by atoms with E-state index < -0.39 is 0 Å². The van der Waals surface area contributed by atoms with Crippen LogP contribution in [-0.2, 0) is 0 Å². The normalized spacial score (nSPS) is 21.7. The lowest BCUT2D eigenvalue weighted by molar-refractivity contribution is 0.372. The van der Waals surface area contributed by atoms with Crippen LogP contribution in [0.4, 0.5) is 5.13 Å².